The Hall–Kier alpha value is -2.54. The van der Waals surface area contributed by atoms with Crippen LogP contribution in [-0.2, 0) is 17.6 Å². The molecule has 7 heteroatoms. The second-order valence-corrected chi connectivity index (χ2v) is 6.74. The average Bonchev–Trinajstić information content (AvgIpc) is 3.21. The molecule has 1 fully saturated rings. The normalized spacial score (nSPS) is 19.6. The Labute approximate surface area is 152 Å². The summed E-state index contributed by atoms with van der Waals surface area (Å²) in [7, 11) is 3.15. The molecule has 1 saturated heterocycles. The highest BCUT2D eigenvalue weighted by atomic mass is 16.5. The molecule has 1 amide bonds. The highest BCUT2D eigenvalue weighted by Crippen LogP contribution is 2.28. The fraction of sp³-hybridized carbons (Fsp3) is 0.474. The smallest absolute Gasteiger partial charge is 0.227 e. The van der Waals surface area contributed by atoms with Crippen LogP contribution in [0.3, 0.4) is 0 Å². The number of likely N-dealkylation sites (tertiary alicyclic amines) is 1. The van der Waals surface area contributed by atoms with Crippen molar-refractivity contribution in [2.45, 2.75) is 25.9 Å². The number of aliphatic hydroxyl groups excluding tert-OH is 1. The SMILES string of the molecule is COc1ccc(CC(=O)N2C[C@@H](Cc3cc(C)[nH]n3)[C@H](O)C2)cc1OC. The van der Waals surface area contributed by atoms with E-state index in [0.29, 0.717) is 31.0 Å². The molecule has 0 spiro atoms. The van der Waals surface area contributed by atoms with Gasteiger partial charge in [0.1, 0.15) is 0 Å². The molecule has 0 bridgehead atoms. The molecule has 140 valence electrons. The molecule has 26 heavy (non-hydrogen) atoms. The number of carbonyl (C=O) groups excluding carboxylic acids is 1. The topological polar surface area (TPSA) is 87.7 Å². The van der Waals surface area contributed by atoms with E-state index in [2.05, 4.69) is 10.2 Å². The third-order valence-electron chi connectivity index (χ3n) is 4.79. The molecular weight excluding hydrogens is 334 g/mol. The first-order chi connectivity index (χ1) is 12.5. The number of hydrogen-bond donors (Lipinski definition) is 2. The molecule has 1 aliphatic rings. The summed E-state index contributed by atoms with van der Waals surface area (Å²) in [5, 5.41) is 17.5. The van der Waals surface area contributed by atoms with Crippen LogP contribution in [0.25, 0.3) is 0 Å². The number of carbonyl (C=O) groups is 1. The number of benzene rings is 1. The second-order valence-electron chi connectivity index (χ2n) is 6.74. The number of aliphatic hydroxyl groups is 1. The molecule has 2 aromatic rings. The summed E-state index contributed by atoms with van der Waals surface area (Å²) in [5.74, 6) is 1.24. The van der Waals surface area contributed by atoms with Crippen molar-refractivity contribution in [3.63, 3.8) is 0 Å². The van der Waals surface area contributed by atoms with Gasteiger partial charge in [0.05, 0.1) is 32.4 Å². The van der Waals surface area contributed by atoms with Crippen LogP contribution in [0.2, 0.25) is 0 Å². The quantitative estimate of drug-likeness (QED) is 0.813. The lowest BCUT2D eigenvalue weighted by Crippen LogP contribution is -2.31. The van der Waals surface area contributed by atoms with Gasteiger partial charge in [-0.3, -0.25) is 9.89 Å². The van der Waals surface area contributed by atoms with Gasteiger partial charge >= 0.3 is 0 Å². The fourth-order valence-electron chi connectivity index (χ4n) is 3.38. The van der Waals surface area contributed by atoms with Gasteiger partial charge in [-0.15, -0.1) is 0 Å². The Morgan fingerprint density at radius 2 is 2.04 bits per heavy atom. The summed E-state index contributed by atoms with van der Waals surface area (Å²) < 4.78 is 10.5. The Morgan fingerprint density at radius 1 is 1.27 bits per heavy atom. The molecule has 1 aliphatic heterocycles. The maximum atomic E-state index is 12.6. The maximum absolute atomic E-state index is 12.6. The van der Waals surface area contributed by atoms with Gasteiger partial charge in [0.2, 0.25) is 5.91 Å². The average molecular weight is 359 g/mol. The van der Waals surface area contributed by atoms with Gasteiger partial charge in [-0.05, 0) is 37.1 Å². The minimum atomic E-state index is -0.527. The largest absolute Gasteiger partial charge is 0.493 e. The predicted molar refractivity (Wildman–Crippen MR) is 96.4 cm³/mol. The first kappa shape index (κ1) is 18.3. The molecule has 0 radical (unpaired) electrons. The molecule has 2 atom stereocenters. The third kappa shape index (κ3) is 3.99. The number of nitrogens with zero attached hydrogens (tertiary/aromatic N) is 2. The van der Waals surface area contributed by atoms with Gasteiger partial charge in [-0.25, -0.2) is 0 Å². The first-order valence-corrected chi connectivity index (χ1v) is 8.67. The van der Waals surface area contributed by atoms with E-state index in [9.17, 15) is 9.90 Å². The van der Waals surface area contributed by atoms with E-state index in [-0.39, 0.29) is 18.2 Å². The van der Waals surface area contributed by atoms with Crippen molar-refractivity contribution < 1.29 is 19.4 Å². The Balaban J connectivity index is 1.62. The Morgan fingerprint density at radius 3 is 2.69 bits per heavy atom. The van der Waals surface area contributed by atoms with Gasteiger partial charge in [0, 0.05) is 24.7 Å². The van der Waals surface area contributed by atoms with Gasteiger partial charge in [0.15, 0.2) is 11.5 Å². The van der Waals surface area contributed by atoms with Crippen LogP contribution < -0.4 is 9.47 Å². The number of aromatic nitrogens is 2. The zero-order valence-electron chi connectivity index (χ0n) is 15.4. The van der Waals surface area contributed by atoms with Gasteiger partial charge in [-0.2, -0.15) is 5.10 Å². The fourth-order valence-corrected chi connectivity index (χ4v) is 3.38. The van der Waals surface area contributed by atoms with Crippen LogP contribution >= 0.6 is 0 Å². The van der Waals surface area contributed by atoms with Crippen molar-refractivity contribution in [3.8, 4) is 11.5 Å². The van der Waals surface area contributed by atoms with Crippen molar-refractivity contribution >= 4 is 5.91 Å². The first-order valence-electron chi connectivity index (χ1n) is 8.67. The number of methoxy groups -OCH3 is 2. The van der Waals surface area contributed by atoms with E-state index in [0.717, 1.165) is 17.0 Å². The van der Waals surface area contributed by atoms with Crippen LogP contribution in [0.4, 0.5) is 0 Å². The molecular formula is C19H25N3O4. The van der Waals surface area contributed by atoms with Crippen LogP contribution in [0.15, 0.2) is 24.3 Å². The zero-order valence-corrected chi connectivity index (χ0v) is 15.4. The standard InChI is InChI=1S/C19H25N3O4/c1-12-6-15(21-20-12)9-14-10-22(11-16(14)23)19(24)8-13-4-5-17(25-2)18(7-13)26-3/h4-7,14,16,23H,8-11H2,1-3H3,(H,20,21)/t14-,16-/m1/s1. The summed E-state index contributed by atoms with van der Waals surface area (Å²) in [6, 6.07) is 7.44. The lowest BCUT2D eigenvalue weighted by Gasteiger charge is -2.16. The second kappa shape index (κ2) is 7.78. The highest BCUT2D eigenvalue weighted by molar-refractivity contribution is 5.79. The van der Waals surface area contributed by atoms with Crippen molar-refractivity contribution in [2.75, 3.05) is 27.3 Å². The van der Waals surface area contributed by atoms with E-state index in [4.69, 9.17) is 9.47 Å². The predicted octanol–water partition coefficient (Wildman–Crippen LogP) is 1.34. The lowest BCUT2D eigenvalue weighted by atomic mass is 10.0. The molecule has 3 rings (SSSR count). The van der Waals surface area contributed by atoms with Crippen molar-refractivity contribution in [3.05, 3.63) is 41.2 Å². The van der Waals surface area contributed by atoms with E-state index in [1.54, 1.807) is 25.2 Å². The number of aryl methyl sites for hydroxylation is 1. The number of hydrogen-bond acceptors (Lipinski definition) is 5. The number of nitrogens with one attached hydrogen (secondary N) is 1. The van der Waals surface area contributed by atoms with E-state index < -0.39 is 6.10 Å². The monoisotopic (exact) mass is 359 g/mol. The lowest BCUT2D eigenvalue weighted by molar-refractivity contribution is -0.129. The number of β-amino-alcohol motifs (C(OH)–C–C–N with tert-alkyl or cyclic N) is 1. The number of aromatic amines is 1. The minimum Gasteiger partial charge on any atom is -0.493 e. The highest BCUT2D eigenvalue weighted by Gasteiger charge is 2.34. The van der Waals surface area contributed by atoms with E-state index in [1.807, 2.05) is 25.1 Å². The van der Waals surface area contributed by atoms with Crippen molar-refractivity contribution in [2.24, 2.45) is 5.92 Å². The molecule has 2 N–H and O–H groups in total. The van der Waals surface area contributed by atoms with Crippen molar-refractivity contribution in [1.82, 2.24) is 15.1 Å². The summed E-state index contributed by atoms with van der Waals surface area (Å²) in [6.45, 7) is 2.85. The van der Waals surface area contributed by atoms with Crippen LogP contribution in [-0.4, -0.2) is 59.5 Å². The zero-order chi connectivity index (χ0) is 18.7. The maximum Gasteiger partial charge on any atom is 0.227 e. The van der Waals surface area contributed by atoms with Crippen LogP contribution in [0.5, 0.6) is 11.5 Å². The molecule has 0 saturated carbocycles. The molecule has 1 aromatic heterocycles. The molecule has 1 aromatic carbocycles. The summed E-state index contributed by atoms with van der Waals surface area (Å²) in [6.07, 6.45) is 0.397. The third-order valence-corrected chi connectivity index (χ3v) is 4.79. The molecule has 2 heterocycles. The van der Waals surface area contributed by atoms with Gasteiger partial charge < -0.3 is 19.5 Å². The summed E-state index contributed by atoms with van der Waals surface area (Å²) >= 11 is 0. The van der Waals surface area contributed by atoms with Gasteiger partial charge in [0.25, 0.3) is 0 Å². The number of H-pyrrole nitrogens is 1. The number of rotatable bonds is 6. The van der Waals surface area contributed by atoms with Crippen molar-refractivity contribution in [1.29, 1.82) is 0 Å². The van der Waals surface area contributed by atoms with Crippen LogP contribution in [0, 0.1) is 12.8 Å². The summed E-state index contributed by atoms with van der Waals surface area (Å²) in [5.41, 5.74) is 2.77. The number of amides is 1. The minimum absolute atomic E-state index is 0.00280. The summed E-state index contributed by atoms with van der Waals surface area (Å²) in [4.78, 5) is 14.4. The molecule has 7 nitrogen and oxygen atoms in total. The van der Waals surface area contributed by atoms with E-state index in [1.165, 1.54) is 0 Å². The molecule has 0 aliphatic carbocycles. The van der Waals surface area contributed by atoms with Crippen LogP contribution in [0.1, 0.15) is 17.0 Å². The Kier molecular flexibility index (Phi) is 5.46. The molecule has 0 unspecified atom stereocenters. The van der Waals surface area contributed by atoms with Gasteiger partial charge in [-0.1, -0.05) is 6.07 Å². The Bertz CT molecular complexity index is 774. The van der Waals surface area contributed by atoms with E-state index >= 15 is 0 Å². The number of ether oxygens (including phenoxy) is 2.